The van der Waals surface area contributed by atoms with Crippen LogP contribution in [0.25, 0.3) is 11.1 Å². The van der Waals surface area contributed by atoms with Gasteiger partial charge in [-0.15, -0.1) is 0 Å². The monoisotopic (exact) mass is 323 g/mol. The summed E-state index contributed by atoms with van der Waals surface area (Å²) < 4.78 is 36.4. The Morgan fingerprint density at radius 1 is 1.00 bits per heavy atom. The summed E-state index contributed by atoms with van der Waals surface area (Å²) in [4.78, 5) is 21.6. The SMILES string of the molecule is O=C(O)c1ccc(-c2cccc(CNC(=O)C(F)(F)F)c2)cc1. The minimum Gasteiger partial charge on any atom is -0.478 e. The van der Waals surface area contributed by atoms with Gasteiger partial charge in [-0.05, 0) is 34.9 Å². The normalized spacial score (nSPS) is 11.1. The number of alkyl halides is 3. The highest BCUT2D eigenvalue weighted by Gasteiger charge is 2.38. The van der Waals surface area contributed by atoms with Crippen molar-refractivity contribution in [1.29, 1.82) is 0 Å². The Labute approximate surface area is 129 Å². The highest BCUT2D eigenvalue weighted by molar-refractivity contribution is 5.88. The van der Waals surface area contributed by atoms with Crippen LogP contribution in [0.5, 0.6) is 0 Å². The van der Waals surface area contributed by atoms with Crippen LogP contribution < -0.4 is 5.32 Å². The van der Waals surface area contributed by atoms with E-state index in [0.29, 0.717) is 11.1 Å². The van der Waals surface area contributed by atoms with E-state index in [0.717, 1.165) is 5.56 Å². The fourth-order valence-electron chi connectivity index (χ4n) is 1.95. The topological polar surface area (TPSA) is 66.4 Å². The Kier molecular flexibility index (Phi) is 4.68. The maximum atomic E-state index is 12.1. The molecule has 0 aliphatic heterocycles. The molecule has 2 aromatic carbocycles. The van der Waals surface area contributed by atoms with Crippen molar-refractivity contribution in [1.82, 2.24) is 5.32 Å². The summed E-state index contributed by atoms with van der Waals surface area (Å²) in [7, 11) is 0. The van der Waals surface area contributed by atoms with Gasteiger partial charge in [0.1, 0.15) is 0 Å². The number of carboxylic acids is 1. The number of nitrogens with one attached hydrogen (secondary N) is 1. The molecule has 0 fully saturated rings. The average Bonchev–Trinajstić information content (AvgIpc) is 2.52. The van der Waals surface area contributed by atoms with Gasteiger partial charge in [0, 0.05) is 6.54 Å². The molecule has 0 aromatic heterocycles. The number of benzene rings is 2. The molecular formula is C16H12F3NO3. The predicted molar refractivity (Wildman–Crippen MR) is 76.7 cm³/mol. The first-order chi connectivity index (χ1) is 10.8. The maximum absolute atomic E-state index is 12.1. The standard InChI is InChI=1S/C16H12F3NO3/c17-16(18,19)15(23)20-9-10-2-1-3-13(8-10)11-4-6-12(7-5-11)14(21)22/h1-8H,9H2,(H,20,23)(H,21,22). The minimum atomic E-state index is -4.91. The molecule has 0 saturated carbocycles. The number of carboxylic acid groups (broad SMARTS) is 1. The fourth-order valence-corrected chi connectivity index (χ4v) is 1.95. The number of hydrogen-bond acceptors (Lipinski definition) is 2. The molecule has 23 heavy (non-hydrogen) atoms. The average molecular weight is 323 g/mol. The van der Waals surface area contributed by atoms with Gasteiger partial charge in [0.2, 0.25) is 0 Å². The summed E-state index contributed by atoms with van der Waals surface area (Å²) in [6.07, 6.45) is -4.91. The van der Waals surface area contributed by atoms with Crippen molar-refractivity contribution in [3.63, 3.8) is 0 Å². The molecule has 0 saturated heterocycles. The molecule has 0 aliphatic rings. The molecule has 0 unspecified atom stereocenters. The van der Waals surface area contributed by atoms with Gasteiger partial charge in [-0.1, -0.05) is 30.3 Å². The first-order valence-corrected chi connectivity index (χ1v) is 6.55. The molecule has 7 heteroatoms. The van der Waals surface area contributed by atoms with Gasteiger partial charge >= 0.3 is 18.1 Å². The first kappa shape index (κ1) is 16.5. The van der Waals surface area contributed by atoms with Crippen LogP contribution in [-0.2, 0) is 11.3 Å². The largest absolute Gasteiger partial charge is 0.478 e. The smallest absolute Gasteiger partial charge is 0.471 e. The molecule has 2 aromatic rings. The van der Waals surface area contributed by atoms with Crippen LogP contribution in [0.1, 0.15) is 15.9 Å². The summed E-state index contributed by atoms with van der Waals surface area (Å²) in [6.45, 7) is -0.251. The van der Waals surface area contributed by atoms with Crippen molar-refractivity contribution < 1.29 is 27.9 Å². The molecule has 0 radical (unpaired) electrons. The van der Waals surface area contributed by atoms with E-state index >= 15 is 0 Å². The van der Waals surface area contributed by atoms with Crippen LogP contribution in [0.4, 0.5) is 13.2 Å². The van der Waals surface area contributed by atoms with Crippen LogP contribution in [0, 0.1) is 0 Å². The van der Waals surface area contributed by atoms with E-state index < -0.39 is 18.1 Å². The fraction of sp³-hybridized carbons (Fsp3) is 0.125. The highest BCUT2D eigenvalue weighted by atomic mass is 19.4. The lowest BCUT2D eigenvalue weighted by Crippen LogP contribution is -2.36. The molecule has 0 spiro atoms. The van der Waals surface area contributed by atoms with E-state index in [4.69, 9.17) is 5.11 Å². The predicted octanol–water partition coefficient (Wildman–Crippen LogP) is 3.23. The molecular weight excluding hydrogens is 311 g/mol. The van der Waals surface area contributed by atoms with Crippen molar-refractivity contribution in [2.24, 2.45) is 0 Å². The second-order valence-electron chi connectivity index (χ2n) is 4.76. The van der Waals surface area contributed by atoms with E-state index in [1.165, 1.54) is 12.1 Å². The molecule has 0 atom stereocenters. The first-order valence-electron chi connectivity index (χ1n) is 6.55. The van der Waals surface area contributed by atoms with Gasteiger partial charge < -0.3 is 10.4 Å². The number of aromatic carboxylic acids is 1. The minimum absolute atomic E-state index is 0.141. The van der Waals surface area contributed by atoms with E-state index in [1.807, 2.05) is 0 Å². The second-order valence-corrected chi connectivity index (χ2v) is 4.76. The number of carbonyl (C=O) groups is 2. The van der Waals surface area contributed by atoms with Gasteiger partial charge in [-0.2, -0.15) is 13.2 Å². The van der Waals surface area contributed by atoms with E-state index in [1.54, 1.807) is 41.7 Å². The van der Waals surface area contributed by atoms with E-state index in [9.17, 15) is 22.8 Å². The lowest BCUT2D eigenvalue weighted by molar-refractivity contribution is -0.173. The number of rotatable bonds is 4. The molecule has 2 N–H and O–H groups in total. The zero-order valence-corrected chi connectivity index (χ0v) is 11.7. The number of hydrogen-bond donors (Lipinski definition) is 2. The third kappa shape index (κ3) is 4.32. The van der Waals surface area contributed by atoms with Crippen molar-refractivity contribution in [2.45, 2.75) is 12.7 Å². The number of carbonyl (C=O) groups excluding carboxylic acids is 1. The Balaban J connectivity index is 2.13. The van der Waals surface area contributed by atoms with E-state index in [2.05, 4.69) is 0 Å². The Morgan fingerprint density at radius 3 is 2.22 bits per heavy atom. The van der Waals surface area contributed by atoms with Crippen molar-refractivity contribution in [3.05, 3.63) is 59.7 Å². The van der Waals surface area contributed by atoms with Crippen LogP contribution in [0.15, 0.2) is 48.5 Å². The third-order valence-corrected chi connectivity index (χ3v) is 3.10. The Hall–Kier alpha value is -2.83. The molecule has 2 rings (SSSR count). The molecule has 0 aliphatic carbocycles. The molecule has 0 bridgehead atoms. The van der Waals surface area contributed by atoms with Gasteiger partial charge in [0.05, 0.1) is 5.56 Å². The quantitative estimate of drug-likeness (QED) is 0.908. The summed E-state index contributed by atoms with van der Waals surface area (Å²) in [5.41, 5.74) is 2.07. The van der Waals surface area contributed by atoms with Crippen molar-refractivity contribution in [2.75, 3.05) is 0 Å². The van der Waals surface area contributed by atoms with Gasteiger partial charge in [0.15, 0.2) is 0 Å². The van der Waals surface area contributed by atoms with Crippen LogP contribution in [-0.4, -0.2) is 23.2 Å². The van der Waals surface area contributed by atoms with Crippen LogP contribution in [0.2, 0.25) is 0 Å². The summed E-state index contributed by atoms with van der Waals surface area (Å²) in [5, 5.41) is 10.6. The maximum Gasteiger partial charge on any atom is 0.471 e. The van der Waals surface area contributed by atoms with Crippen LogP contribution >= 0.6 is 0 Å². The highest BCUT2D eigenvalue weighted by Crippen LogP contribution is 2.21. The molecule has 1 amide bonds. The lowest BCUT2D eigenvalue weighted by atomic mass is 10.0. The molecule has 4 nitrogen and oxygen atoms in total. The van der Waals surface area contributed by atoms with Crippen LogP contribution in [0.3, 0.4) is 0 Å². The third-order valence-electron chi connectivity index (χ3n) is 3.10. The van der Waals surface area contributed by atoms with Gasteiger partial charge in [-0.25, -0.2) is 4.79 Å². The summed E-state index contributed by atoms with van der Waals surface area (Å²) in [6, 6.07) is 12.7. The van der Waals surface area contributed by atoms with E-state index in [-0.39, 0.29) is 12.1 Å². The molecule has 120 valence electrons. The zero-order chi connectivity index (χ0) is 17.0. The van der Waals surface area contributed by atoms with Crippen molar-refractivity contribution in [3.8, 4) is 11.1 Å². The van der Waals surface area contributed by atoms with Gasteiger partial charge in [0.25, 0.3) is 0 Å². The zero-order valence-electron chi connectivity index (χ0n) is 11.7. The Morgan fingerprint density at radius 2 is 1.65 bits per heavy atom. The van der Waals surface area contributed by atoms with Crippen molar-refractivity contribution >= 4 is 11.9 Å². The summed E-state index contributed by atoms with van der Waals surface area (Å²) >= 11 is 0. The van der Waals surface area contributed by atoms with Gasteiger partial charge in [-0.3, -0.25) is 4.79 Å². The number of amides is 1. The number of halogens is 3. The Bertz CT molecular complexity index is 724. The lowest BCUT2D eigenvalue weighted by Gasteiger charge is -2.09. The molecule has 0 heterocycles. The second kappa shape index (κ2) is 6.51. The summed E-state index contributed by atoms with van der Waals surface area (Å²) in [5.74, 6) is -3.03.